The number of furan rings is 1. The lowest BCUT2D eigenvalue weighted by molar-refractivity contribution is -0.139. The molecular weight excluding hydrogens is 537 g/mol. The lowest BCUT2D eigenvalue weighted by Crippen LogP contribution is -2.36. The number of carbonyl (C=O) groups excluding carboxylic acids is 3. The standard InChI is InChI=1S/C33H34FN3O5/c1-4-41-33(40)27-25(16-9-20-7-14-23(34)15-8-20)36-30-28(32(39)37-29(30)19(2)3)26(27)21-10-12-22(13-11-21)31(38)35-18-24-6-5-17-42-24/h5-8,10-15,17,19,26,28-29H,4,9,16,18H2,1-3H3,(H,35,38)(H,37,39). The molecule has 1 aromatic heterocycles. The summed E-state index contributed by atoms with van der Waals surface area (Å²) in [4.78, 5) is 44.7. The molecule has 42 heavy (non-hydrogen) atoms. The second kappa shape index (κ2) is 12.5. The molecule has 2 aliphatic rings. The molecule has 3 atom stereocenters. The van der Waals surface area contributed by atoms with Gasteiger partial charge in [-0.2, -0.15) is 0 Å². The van der Waals surface area contributed by atoms with Crippen LogP contribution in [0.4, 0.5) is 4.39 Å². The van der Waals surface area contributed by atoms with Gasteiger partial charge in [-0.1, -0.05) is 38.1 Å². The van der Waals surface area contributed by atoms with Crippen LogP contribution in [0.3, 0.4) is 0 Å². The van der Waals surface area contributed by atoms with Crippen molar-refractivity contribution in [1.82, 2.24) is 10.6 Å². The molecular formula is C33H34FN3O5. The normalized spacial score (nSPS) is 19.8. The number of aliphatic imine (C=N–C) groups is 1. The molecule has 5 rings (SSSR count). The quantitative estimate of drug-likeness (QED) is 0.329. The molecule has 2 amide bonds. The summed E-state index contributed by atoms with van der Waals surface area (Å²) in [6.45, 7) is 6.18. The maximum atomic E-state index is 13.5. The maximum Gasteiger partial charge on any atom is 0.336 e. The van der Waals surface area contributed by atoms with E-state index >= 15 is 0 Å². The van der Waals surface area contributed by atoms with Gasteiger partial charge in [-0.15, -0.1) is 0 Å². The van der Waals surface area contributed by atoms with Crippen LogP contribution in [0.2, 0.25) is 0 Å². The number of fused-ring (bicyclic) bond motifs is 1. The number of nitrogens with one attached hydrogen (secondary N) is 2. The van der Waals surface area contributed by atoms with Crippen LogP contribution in [-0.2, 0) is 27.3 Å². The summed E-state index contributed by atoms with van der Waals surface area (Å²) in [5.74, 6) is -1.94. The van der Waals surface area contributed by atoms with Crippen molar-refractivity contribution in [2.45, 2.75) is 52.1 Å². The zero-order valence-corrected chi connectivity index (χ0v) is 23.9. The molecule has 8 nitrogen and oxygen atoms in total. The highest BCUT2D eigenvalue weighted by Gasteiger charge is 2.50. The van der Waals surface area contributed by atoms with Crippen molar-refractivity contribution in [2.75, 3.05) is 6.61 Å². The van der Waals surface area contributed by atoms with Gasteiger partial charge in [0.1, 0.15) is 11.6 Å². The monoisotopic (exact) mass is 571 g/mol. The summed E-state index contributed by atoms with van der Waals surface area (Å²) in [7, 11) is 0. The van der Waals surface area contributed by atoms with E-state index < -0.39 is 17.8 Å². The molecule has 1 saturated heterocycles. The van der Waals surface area contributed by atoms with E-state index in [-0.39, 0.29) is 42.7 Å². The van der Waals surface area contributed by atoms with E-state index in [1.54, 1.807) is 61.7 Å². The number of amides is 2. The molecule has 1 fully saturated rings. The van der Waals surface area contributed by atoms with Gasteiger partial charge in [0.2, 0.25) is 5.91 Å². The Hall–Kier alpha value is -4.53. The third-order valence-electron chi connectivity index (χ3n) is 7.70. The molecule has 3 heterocycles. The van der Waals surface area contributed by atoms with Gasteiger partial charge in [-0.3, -0.25) is 14.6 Å². The van der Waals surface area contributed by atoms with Crippen LogP contribution in [0.25, 0.3) is 0 Å². The van der Waals surface area contributed by atoms with Gasteiger partial charge in [0.25, 0.3) is 5.91 Å². The number of benzene rings is 2. The average molecular weight is 572 g/mol. The lowest BCUT2D eigenvalue weighted by Gasteiger charge is -2.31. The molecule has 2 aliphatic heterocycles. The number of ether oxygens (including phenoxy) is 1. The first-order valence-corrected chi connectivity index (χ1v) is 14.2. The second-order valence-electron chi connectivity index (χ2n) is 10.8. The minimum atomic E-state index is -0.690. The molecule has 0 saturated carbocycles. The van der Waals surface area contributed by atoms with Crippen LogP contribution in [0.5, 0.6) is 0 Å². The topological polar surface area (TPSA) is 110 Å². The van der Waals surface area contributed by atoms with Gasteiger partial charge >= 0.3 is 5.97 Å². The van der Waals surface area contributed by atoms with Crippen molar-refractivity contribution >= 4 is 23.5 Å². The fourth-order valence-corrected chi connectivity index (χ4v) is 5.62. The Balaban J connectivity index is 1.52. The van der Waals surface area contributed by atoms with E-state index in [1.165, 1.54) is 12.1 Å². The Kier molecular flexibility index (Phi) is 8.66. The SMILES string of the molecule is CCOC(=O)C1=C(CCc2ccc(F)cc2)N=C2C(C(C)C)NC(=O)C2C1c1ccc(C(=O)NCc2ccco2)cc1. The zero-order chi connectivity index (χ0) is 29.8. The van der Waals surface area contributed by atoms with Crippen LogP contribution in [0, 0.1) is 17.7 Å². The molecule has 2 aromatic carbocycles. The van der Waals surface area contributed by atoms with Crippen molar-refractivity contribution in [3.8, 4) is 0 Å². The fourth-order valence-electron chi connectivity index (χ4n) is 5.62. The summed E-state index contributed by atoms with van der Waals surface area (Å²) in [5, 5.41) is 5.91. The van der Waals surface area contributed by atoms with Crippen molar-refractivity contribution in [3.63, 3.8) is 0 Å². The van der Waals surface area contributed by atoms with Crippen LogP contribution in [0.15, 0.2) is 87.6 Å². The fraction of sp³-hybridized carbons (Fsp3) is 0.333. The van der Waals surface area contributed by atoms with Gasteiger partial charge < -0.3 is 19.8 Å². The molecule has 0 aliphatic carbocycles. The number of nitrogens with zero attached hydrogens (tertiary/aromatic N) is 1. The summed E-state index contributed by atoms with van der Waals surface area (Å²) < 4.78 is 24.3. The lowest BCUT2D eigenvalue weighted by atomic mass is 9.74. The Morgan fingerprint density at radius 3 is 2.43 bits per heavy atom. The maximum absolute atomic E-state index is 13.5. The highest BCUT2D eigenvalue weighted by Crippen LogP contribution is 2.44. The van der Waals surface area contributed by atoms with Crippen molar-refractivity contribution in [3.05, 3.63) is 106 Å². The van der Waals surface area contributed by atoms with Gasteiger partial charge in [-0.05, 0) is 73.2 Å². The minimum absolute atomic E-state index is 0.0843. The average Bonchev–Trinajstić information content (AvgIpc) is 3.63. The van der Waals surface area contributed by atoms with Crippen LogP contribution < -0.4 is 10.6 Å². The van der Waals surface area contributed by atoms with E-state index in [1.807, 2.05) is 13.8 Å². The third kappa shape index (κ3) is 6.05. The molecule has 3 unspecified atom stereocenters. The van der Waals surface area contributed by atoms with E-state index in [0.717, 1.165) is 5.56 Å². The summed E-state index contributed by atoms with van der Waals surface area (Å²) in [5.41, 5.74) is 3.62. The van der Waals surface area contributed by atoms with Crippen LogP contribution in [0.1, 0.15) is 60.4 Å². The molecule has 0 spiro atoms. The number of halogens is 1. The Morgan fingerprint density at radius 1 is 1.05 bits per heavy atom. The highest BCUT2D eigenvalue weighted by atomic mass is 19.1. The molecule has 2 N–H and O–H groups in total. The van der Waals surface area contributed by atoms with E-state index in [0.29, 0.717) is 46.7 Å². The first-order valence-electron chi connectivity index (χ1n) is 14.2. The molecule has 0 radical (unpaired) electrons. The van der Waals surface area contributed by atoms with E-state index in [4.69, 9.17) is 14.1 Å². The zero-order valence-electron chi connectivity index (χ0n) is 23.9. The highest BCUT2D eigenvalue weighted by molar-refractivity contribution is 6.16. The number of hydrogen-bond donors (Lipinski definition) is 2. The Morgan fingerprint density at radius 2 is 1.79 bits per heavy atom. The summed E-state index contributed by atoms with van der Waals surface area (Å²) >= 11 is 0. The van der Waals surface area contributed by atoms with Crippen molar-refractivity contribution in [1.29, 1.82) is 0 Å². The summed E-state index contributed by atoms with van der Waals surface area (Å²) in [6, 6.07) is 16.4. The van der Waals surface area contributed by atoms with Crippen molar-refractivity contribution in [2.24, 2.45) is 16.8 Å². The van der Waals surface area contributed by atoms with E-state index in [9.17, 15) is 18.8 Å². The van der Waals surface area contributed by atoms with Crippen LogP contribution in [-0.4, -0.2) is 36.1 Å². The second-order valence-corrected chi connectivity index (χ2v) is 10.8. The predicted octanol–water partition coefficient (Wildman–Crippen LogP) is 5.11. The number of aryl methyl sites for hydroxylation is 1. The molecule has 9 heteroatoms. The van der Waals surface area contributed by atoms with Gasteiger partial charge in [0, 0.05) is 11.5 Å². The molecule has 0 bridgehead atoms. The first kappa shape index (κ1) is 29.0. The van der Waals surface area contributed by atoms with Gasteiger partial charge in [0.15, 0.2) is 0 Å². The largest absolute Gasteiger partial charge is 0.467 e. The van der Waals surface area contributed by atoms with Crippen LogP contribution >= 0.6 is 0 Å². The Bertz CT molecular complexity index is 1510. The summed E-state index contributed by atoms with van der Waals surface area (Å²) in [6.07, 6.45) is 2.47. The number of allylic oxidation sites excluding steroid dienone is 1. The molecule has 218 valence electrons. The third-order valence-corrected chi connectivity index (χ3v) is 7.70. The minimum Gasteiger partial charge on any atom is -0.467 e. The molecule has 3 aromatic rings. The van der Waals surface area contributed by atoms with Crippen molar-refractivity contribution < 1.29 is 27.9 Å². The van der Waals surface area contributed by atoms with E-state index in [2.05, 4.69) is 10.6 Å². The number of hydrogen-bond acceptors (Lipinski definition) is 6. The number of carbonyl (C=O) groups is 3. The number of rotatable bonds is 10. The Labute approximate surface area is 244 Å². The van der Waals surface area contributed by atoms with Gasteiger partial charge in [0.05, 0.1) is 48.4 Å². The number of esters is 1. The van der Waals surface area contributed by atoms with Gasteiger partial charge in [-0.25, -0.2) is 9.18 Å². The predicted molar refractivity (Wildman–Crippen MR) is 155 cm³/mol. The first-order chi connectivity index (χ1) is 20.3. The smallest absolute Gasteiger partial charge is 0.336 e.